The number of nitrogens with zero attached hydrogens (tertiary/aromatic N) is 3. The van der Waals surface area contributed by atoms with Crippen molar-refractivity contribution in [1.29, 1.82) is 0 Å². The second-order valence-electron chi connectivity index (χ2n) is 3.54. The number of hydrogen-bond donors (Lipinski definition) is 0. The summed E-state index contributed by atoms with van der Waals surface area (Å²) in [7, 11) is 1.46. The van der Waals surface area contributed by atoms with Crippen LogP contribution in [0.1, 0.15) is 11.3 Å². The monoisotopic (exact) mass is 257 g/mol. The van der Waals surface area contributed by atoms with E-state index in [1.54, 1.807) is 6.07 Å². The highest BCUT2D eigenvalue weighted by molar-refractivity contribution is 5.36. The van der Waals surface area contributed by atoms with Gasteiger partial charge in [0, 0.05) is 19.5 Å². The van der Waals surface area contributed by atoms with E-state index < -0.39 is 11.7 Å². The highest BCUT2D eigenvalue weighted by Gasteiger charge is 2.35. The van der Waals surface area contributed by atoms with Gasteiger partial charge in [-0.2, -0.15) is 18.3 Å². The van der Waals surface area contributed by atoms with E-state index in [-0.39, 0.29) is 12.4 Å². The smallest absolute Gasteiger partial charge is 0.378 e. The first-order chi connectivity index (χ1) is 8.54. The average Bonchev–Trinajstić information content (AvgIpc) is 2.77. The Morgan fingerprint density at radius 1 is 1.28 bits per heavy atom. The molecular weight excluding hydrogens is 247 g/mol. The minimum absolute atomic E-state index is 0.161. The Hall–Kier alpha value is -1.89. The molecule has 2 rings (SSSR count). The molecule has 0 amide bonds. The summed E-state index contributed by atoms with van der Waals surface area (Å²) in [6.07, 6.45) is -1.77. The van der Waals surface area contributed by atoms with Crippen LogP contribution in [-0.4, -0.2) is 21.9 Å². The predicted molar refractivity (Wildman–Crippen MR) is 57.1 cm³/mol. The number of methoxy groups -OCH3 is 1. The summed E-state index contributed by atoms with van der Waals surface area (Å²) in [4.78, 5) is 3.76. The Morgan fingerprint density at radius 3 is 2.72 bits per heavy atom. The lowest BCUT2D eigenvalue weighted by molar-refractivity contribution is -0.137. The van der Waals surface area contributed by atoms with Gasteiger partial charge >= 0.3 is 6.18 Å². The van der Waals surface area contributed by atoms with E-state index in [4.69, 9.17) is 4.74 Å². The Balaban J connectivity index is 2.54. The van der Waals surface area contributed by atoms with E-state index in [9.17, 15) is 13.2 Å². The molecule has 0 N–H and O–H groups in total. The van der Waals surface area contributed by atoms with Crippen LogP contribution in [0.15, 0.2) is 30.6 Å². The first kappa shape index (κ1) is 12.6. The molecule has 0 fully saturated rings. The van der Waals surface area contributed by atoms with E-state index >= 15 is 0 Å². The van der Waals surface area contributed by atoms with Gasteiger partial charge in [0.25, 0.3) is 0 Å². The van der Waals surface area contributed by atoms with Crippen molar-refractivity contribution in [3.8, 4) is 5.82 Å². The van der Waals surface area contributed by atoms with E-state index in [0.717, 1.165) is 10.7 Å². The van der Waals surface area contributed by atoms with Crippen molar-refractivity contribution in [3.05, 3.63) is 41.9 Å². The van der Waals surface area contributed by atoms with Crippen molar-refractivity contribution >= 4 is 0 Å². The quantitative estimate of drug-likeness (QED) is 0.847. The van der Waals surface area contributed by atoms with E-state index in [2.05, 4.69) is 10.1 Å². The summed E-state index contributed by atoms with van der Waals surface area (Å²) in [6.45, 7) is 0.161. The van der Waals surface area contributed by atoms with Gasteiger partial charge < -0.3 is 4.74 Å². The summed E-state index contributed by atoms with van der Waals surface area (Å²) in [5.41, 5.74) is -0.326. The molecule has 0 atom stereocenters. The number of pyridine rings is 1. The zero-order chi connectivity index (χ0) is 13.2. The van der Waals surface area contributed by atoms with Gasteiger partial charge in [-0.1, -0.05) is 0 Å². The Kier molecular flexibility index (Phi) is 3.33. The fourth-order valence-corrected chi connectivity index (χ4v) is 1.57. The molecule has 0 radical (unpaired) electrons. The van der Waals surface area contributed by atoms with Crippen LogP contribution in [0, 0.1) is 0 Å². The summed E-state index contributed by atoms with van der Waals surface area (Å²) >= 11 is 0. The van der Waals surface area contributed by atoms with Crippen molar-refractivity contribution in [1.82, 2.24) is 14.8 Å². The number of ether oxygens (including phenoxy) is 1. The van der Waals surface area contributed by atoms with Gasteiger partial charge in [0.05, 0.1) is 12.3 Å². The van der Waals surface area contributed by atoms with Crippen molar-refractivity contribution in [2.24, 2.45) is 0 Å². The molecule has 96 valence electrons. The SMILES string of the molecule is COCc1ccnn1-c1ncccc1C(F)(F)F. The normalized spacial score (nSPS) is 11.8. The summed E-state index contributed by atoms with van der Waals surface area (Å²) < 4.78 is 44.6. The third-order valence-electron chi connectivity index (χ3n) is 2.31. The minimum Gasteiger partial charge on any atom is -0.378 e. The van der Waals surface area contributed by atoms with E-state index in [0.29, 0.717) is 5.69 Å². The zero-order valence-corrected chi connectivity index (χ0v) is 9.48. The van der Waals surface area contributed by atoms with Crippen molar-refractivity contribution < 1.29 is 17.9 Å². The summed E-state index contributed by atoms with van der Waals surface area (Å²) in [5.74, 6) is -0.248. The molecule has 0 unspecified atom stereocenters. The number of aromatic nitrogens is 3. The predicted octanol–water partition coefficient (Wildman–Crippen LogP) is 2.43. The van der Waals surface area contributed by atoms with Crippen LogP contribution in [0.25, 0.3) is 5.82 Å². The average molecular weight is 257 g/mol. The van der Waals surface area contributed by atoms with E-state index in [1.807, 2.05) is 0 Å². The van der Waals surface area contributed by atoms with E-state index in [1.165, 1.54) is 25.6 Å². The van der Waals surface area contributed by atoms with Gasteiger partial charge in [0.2, 0.25) is 0 Å². The standard InChI is InChI=1S/C11H10F3N3O/c1-18-7-8-4-6-16-17(8)10-9(11(12,13)14)3-2-5-15-10/h2-6H,7H2,1H3. The highest BCUT2D eigenvalue weighted by Crippen LogP contribution is 2.32. The summed E-state index contributed by atoms with van der Waals surface area (Å²) in [5, 5.41) is 3.85. The maximum Gasteiger partial charge on any atom is 0.420 e. The molecule has 4 nitrogen and oxygen atoms in total. The number of halogens is 3. The molecule has 0 bridgehead atoms. The molecule has 2 heterocycles. The first-order valence-corrected chi connectivity index (χ1v) is 5.08. The number of hydrogen-bond acceptors (Lipinski definition) is 3. The highest BCUT2D eigenvalue weighted by atomic mass is 19.4. The van der Waals surface area contributed by atoms with Gasteiger partial charge in [-0.25, -0.2) is 9.67 Å². The molecule has 2 aromatic heterocycles. The Labute approximate surface area is 101 Å². The lowest BCUT2D eigenvalue weighted by Crippen LogP contribution is -2.14. The molecule has 0 aliphatic rings. The molecule has 0 spiro atoms. The van der Waals surface area contributed by atoms with Gasteiger partial charge in [-0.05, 0) is 18.2 Å². The number of rotatable bonds is 3. The molecule has 0 aliphatic carbocycles. The lowest BCUT2D eigenvalue weighted by Gasteiger charge is -2.13. The van der Waals surface area contributed by atoms with Crippen LogP contribution in [0.3, 0.4) is 0 Å². The summed E-state index contributed by atoms with van der Waals surface area (Å²) in [6, 6.07) is 3.80. The Bertz CT molecular complexity index is 536. The number of alkyl halides is 3. The molecule has 2 aromatic rings. The lowest BCUT2D eigenvalue weighted by atomic mass is 10.2. The zero-order valence-electron chi connectivity index (χ0n) is 9.48. The minimum atomic E-state index is -4.47. The van der Waals surface area contributed by atoms with Gasteiger partial charge in [0.1, 0.15) is 5.56 Å². The van der Waals surface area contributed by atoms with Crippen molar-refractivity contribution in [2.75, 3.05) is 7.11 Å². The molecule has 18 heavy (non-hydrogen) atoms. The second-order valence-corrected chi connectivity index (χ2v) is 3.54. The van der Waals surface area contributed by atoms with Crippen molar-refractivity contribution in [2.45, 2.75) is 12.8 Å². The van der Waals surface area contributed by atoms with Crippen LogP contribution in [0.4, 0.5) is 13.2 Å². The van der Waals surface area contributed by atoms with Crippen LogP contribution in [0.2, 0.25) is 0 Å². The van der Waals surface area contributed by atoms with Crippen LogP contribution in [-0.2, 0) is 17.5 Å². The van der Waals surface area contributed by atoms with Crippen LogP contribution >= 0.6 is 0 Å². The first-order valence-electron chi connectivity index (χ1n) is 5.08. The fraction of sp³-hybridized carbons (Fsp3) is 0.273. The Morgan fingerprint density at radius 2 is 2.06 bits per heavy atom. The third kappa shape index (κ3) is 2.35. The second kappa shape index (κ2) is 4.77. The molecule has 0 saturated heterocycles. The topological polar surface area (TPSA) is 39.9 Å². The van der Waals surface area contributed by atoms with Gasteiger partial charge in [0.15, 0.2) is 5.82 Å². The van der Waals surface area contributed by atoms with Crippen LogP contribution < -0.4 is 0 Å². The molecule has 0 aliphatic heterocycles. The molecular formula is C11H10F3N3O. The molecule has 0 aromatic carbocycles. The molecule has 0 saturated carbocycles. The maximum absolute atomic E-state index is 12.8. The van der Waals surface area contributed by atoms with Crippen LogP contribution in [0.5, 0.6) is 0 Å². The van der Waals surface area contributed by atoms with Gasteiger partial charge in [-0.3, -0.25) is 0 Å². The maximum atomic E-state index is 12.8. The molecule has 7 heteroatoms. The fourth-order valence-electron chi connectivity index (χ4n) is 1.57. The largest absolute Gasteiger partial charge is 0.420 e. The third-order valence-corrected chi connectivity index (χ3v) is 2.31. The van der Waals surface area contributed by atoms with Gasteiger partial charge in [-0.15, -0.1) is 0 Å². The van der Waals surface area contributed by atoms with Crippen molar-refractivity contribution in [3.63, 3.8) is 0 Å².